The molecule has 0 atom stereocenters. The van der Waals surface area contributed by atoms with Crippen molar-refractivity contribution in [2.45, 2.75) is 44.1 Å². The molecular formula is C16H16ClF2N3O4. The molecular weight excluding hydrogens is 372 g/mol. The Morgan fingerprint density at radius 2 is 1.96 bits per heavy atom. The third-order valence-corrected chi connectivity index (χ3v) is 4.39. The zero-order valence-corrected chi connectivity index (χ0v) is 15.0. The summed E-state index contributed by atoms with van der Waals surface area (Å²) >= 11 is 6.20. The molecule has 2 aromatic rings. The number of fused-ring (bicyclic) bond motifs is 1. The fourth-order valence-corrected chi connectivity index (χ4v) is 2.85. The predicted octanol–water partition coefficient (Wildman–Crippen LogP) is 2.67. The van der Waals surface area contributed by atoms with Crippen molar-refractivity contribution in [2.24, 2.45) is 0 Å². The highest BCUT2D eigenvalue weighted by atomic mass is 35.5. The minimum atomic E-state index is -1.27. The molecule has 1 heterocycles. The molecule has 1 amide bonds. The summed E-state index contributed by atoms with van der Waals surface area (Å²) in [6.45, 7) is 4.79. The SMILES string of the molecule is CC(C)(C)OC(=O)Nn1c(=O)[nH]c2c(C3(Cl)CC3)c(F)c(F)cc2c1=O. The minimum Gasteiger partial charge on any atom is -0.443 e. The van der Waals surface area contributed by atoms with Crippen molar-refractivity contribution in [1.82, 2.24) is 9.66 Å². The molecule has 26 heavy (non-hydrogen) atoms. The van der Waals surface area contributed by atoms with Crippen LogP contribution < -0.4 is 16.7 Å². The maximum Gasteiger partial charge on any atom is 0.427 e. The number of hydrogen-bond donors (Lipinski definition) is 2. The van der Waals surface area contributed by atoms with Crippen LogP contribution in [0.5, 0.6) is 0 Å². The van der Waals surface area contributed by atoms with Crippen LogP contribution in [0.15, 0.2) is 15.7 Å². The number of aromatic nitrogens is 2. The number of carbonyl (C=O) groups is 1. The van der Waals surface area contributed by atoms with E-state index in [2.05, 4.69) is 4.98 Å². The number of amides is 1. The number of alkyl halides is 1. The maximum absolute atomic E-state index is 14.2. The van der Waals surface area contributed by atoms with E-state index in [0.717, 1.165) is 0 Å². The number of benzene rings is 1. The van der Waals surface area contributed by atoms with Gasteiger partial charge in [-0.2, -0.15) is 4.68 Å². The molecule has 1 aliphatic rings. The molecule has 0 radical (unpaired) electrons. The Bertz CT molecular complexity index is 1030. The van der Waals surface area contributed by atoms with E-state index in [0.29, 0.717) is 23.6 Å². The van der Waals surface area contributed by atoms with Gasteiger partial charge in [0.1, 0.15) is 5.60 Å². The van der Waals surface area contributed by atoms with Gasteiger partial charge in [-0.1, -0.05) is 0 Å². The van der Waals surface area contributed by atoms with E-state index in [4.69, 9.17) is 16.3 Å². The number of carbonyl (C=O) groups excluding carboxylic acids is 1. The van der Waals surface area contributed by atoms with Crippen LogP contribution in [0.3, 0.4) is 0 Å². The summed E-state index contributed by atoms with van der Waals surface area (Å²) in [6, 6.07) is 0.655. The second-order valence-corrected chi connectivity index (χ2v) is 7.84. The van der Waals surface area contributed by atoms with E-state index in [1.807, 2.05) is 5.43 Å². The van der Waals surface area contributed by atoms with Gasteiger partial charge in [0.25, 0.3) is 5.56 Å². The Morgan fingerprint density at radius 1 is 1.35 bits per heavy atom. The minimum absolute atomic E-state index is 0.186. The molecule has 1 aromatic heterocycles. The van der Waals surface area contributed by atoms with E-state index in [-0.39, 0.29) is 16.5 Å². The number of halogens is 3. The van der Waals surface area contributed by atoms with Gasteiger partial charge in [0.2, 0.25) is 0 Å². The zero-order chi connectivity index (χ0) is 19.4. The maximum atomic E-state index is 14.2. The Morgan fingerprint density at radius 3 is 2.50 bits per heavy atom. The fourth-order valence-electron chi connectivity index (χ4n) is 2.57. The van der Waals surface area contributed by atoms with Crippen molar-refractivity contribution >= 4 is 28.6 Å². The molecule has 2 N–H and O–H groups in total. The average molecular weight is 388 g/mol. The first-order valence-corrected chi connectivity index (χ1v) is 8.17. The molecule has 1 fully saturated rings. The van der Waals surface area contributed by atoms with Crippen LogP contribution in [0.4, 0.5) is 13.6 Å². The number of aromatic amines is 1. The predicted molar refractivity (Wildman–Crippen MR) is 91.1 cm³/mol. The number of nitrogens with zero attached hydrogens (tertiary/aromatic N) is 1. The number of rotatable bonds is 2. The van der Waals surface area contributed by atoms with Gasteiger partial charge in [-0.25, -0.2) is 23.8 Å². The highest BCUT2D eigenvalue weighted by molar-refractivity contribution is 6.26. The normalized spacial score (nSPS) is 15.8. The van der Waals surface area contributed by atoms with Crippen LogP contribution >= 0.6 is 11.6 Å². The van der Waals surface area contributed by atoms with Crippen molar-refractivity contribution in [3.8, 4) is 0 Å². The molecule has 7 nitrogen and oxygen atoms in total. The smallest absolute Gasteiger partial charge is 0.427 e. The number of H-pyrrole nitrogens is 1. The van der Waals surface area contributed by atoms with Crippen molar-refractivity contribution in [3.05, 3.63) is 44.1 Å². The lowest BCUT2D eigenvalue weighted by Crippen LogP contribution is -2.45. The summed E-state index contributed by atoms with van der Waals surface area (Å²) in [5.74, 6) is -2.48. The molecule has 3 rings (SSSR count). The Kier molecular flexibility index (Phi) is 4.10. The van der Waals surface area contributed by atoms with Crippen LogP contribution in [0.2, 0.25) is 0 Å². The second kappa shape index (κ2) is 5.80. The van der Waals surface area contributed by atoms with Crippen LogP contribution in [0.25, 0.3) is 10.9 Å². The van der Waals surface area contributed by atoms with Gasteiger partial charge in [0, 0.05) is 5.56 Å². The Labute approximate surface area is 150 Å². The number of hydrogen-bond acceptors (Lipinski definition) is 4. The first-order valence-electron chi connectivity index (χ1n) is 7.79. The molecule has 1 aliphatic carbocycles. The summed E-state index contributed by atoms with van der Waals surface area (Å²) in [6.07, 6.45) is -0.292. The highest BCUT2D eigenvalue weighted by Gasteiger charge is 2.46. The first kappa shape index (κ1) is 18.4. The number of ether oxygens (including phenoxy) is 1. The van der Waals surface area contributed by atoms with Gasteiger partial charge in [0.15, 0.2) is 11.6 Å². The standard InChI is InChI=1S/C16H16ClF2N3O4/c1-15(2,3)26-14(25)21-22-12(23)7-6-8(18)10(19)9(16(17)4-5-16)11(7)20-13(22)24/h6H,4-5H2,1-3H3,(H,20,24)(H,21,25). The monoisotopic (exact) mass is 387 g/mol. The average Bonchev–Trinajstić information content (AvgIpc) is 3.22. The summed E-state index contributed by atoms with van der Waals surface area (Å²) < 4.78 is 33.5. The lowest BCUT2D eigenvalue weighted by atomic mass is 10.0. The first-order chi connectivity index (χ1) is 11.9. The van der Waals surface area contributed by atoms with E-state index in [9.17, 15) is 23.2 Å². The zero-order valence-electron chi connectivity index (χ0n) is 14.2. The van der Waals surface area contributed by atoms with Crippen molar-refractivity contribution in [3.63, 3.8) is 0 Å². The molecule has 1 aromatic carbocycles. The summed E-state index contributed by atoms with van der Waals surface area (Å²) in [5, 5.41) is -0.318. The van der Waals surface area contributed by atoms with Gasteiger partial charge in [-0.15, -0.1) is 11.6 Å². The molecule has 0 spiro atoms. The van der Waals surface area contributed by atoms with E-state index >= 15 is 0 Å². The molecule has 0 saturated heterocycles. The van der Waals surface area contributed by atoms with E-state index in [1.165, 1.54) is 0 Å². The summed E-state index contributed by atoms with van der Waals surface area (Å²) in [7, 11) is 0. The molecule has 0 aliphatic heterocycles. The van der Waals surface area contributed by atoms with Crippen LogP contribution in [-0.4, -0.2) is 21.4 Å². The number of nitrogens with one attached hydrogen (secondary N) is 2. The third-order valence-electron chi connectivity index (χ3n) is 3.83. The highest BCUT2D eigenvalue weighted by Crippen LogP contribution is 2.54. The summed E-state index contributed by atoms with van der Waals surface area (Å²) in [5.41, 5.74) is -1.39. The van der Waals surface area contributed by atoms with Gasteiger partial charge in [-0.3, -0.25) is 4.79 Å². The summed E-state index contributed by atoms with van der Waals surface area (Å²) in [4.78, 5) is 37.7. The van der Waals surface area contributed by atoms with E-state index in [1.54, 1.807) is 20.8 Å². The topological polar surface area (TPSA) is 93.2 Å². The molecule has 140 valence electrons. The molecule has 1 saturated carbocycles. The van der Waals surface area contributed by atoms with Gasteiger partial charge in [0.05, 0.1) is 15.8 Å². The molecule has 10 heteroatoms. The van der Waals surface area contributed by atoms with Crippen molar-refractivity contribution in [2.75, 3.05) is 5.43 Å². The van der Waals surface area contributed by atoms with Crippen LogP contribution in [0.1, 0.15) is 39.2 Å². The van der Waals surface area contributed by atoms with E-state index < -0.39 is 39.5 Å². The molecule has 0 bridgehead atoms. The lowest BCUT2D eigenvalue weighted by molar-refractivity contribution is 0.0611. The van der Waals surface area contributed by atoms with Crippen molar-refractivity contribution in [1.29, 1.82) is 0 Å². The third kappa shape index (κ3) is 3.18. The van der Waals surface area contributed by atoms with Crippen molar-refractivity contribution < 1.29 is 18.3 Å². The Balaban J connectivity index is 2.18. The van der Waals surface area contributed by atoms with Gasteiger partial charge < -0.3 is 9.72 Å². The molecule has 0 unspecified atom stereocenters. The van der Waals surface area contributed by atoms with Gasteiger partial charge in [-0.05, 0) is 39.7 Å². The lowest BCUT2D eigenvalue weighted by Gasteiger charge is -2.20. The quantitative estimate of drug-likeness (QED) is 0.775. The largest absolute Gasteiger partial charge is 0.443 e. The fraction of sp³-hybridized carbons (Fsp3) is 0.438. The van der Waals surface area contributed by atoms with Crippen LogP contribution in [-0.2, 0) is 9.61 Å². The van der Waals surface area contributed by atoms with Gasteiger partial charge >= 0.3 is 11.8 Å². The van der Waals surface area contributed by atoms with Crippen LogP contribution in [0, 0.1) is 11.6 Å². The second-order valence-electron chi connectivity index (χ2n) is 7.12. The Hall–Kier alpha value is -2.42.